The molecule has 1 fully saturated rings. The standard InChI is InChI=1S/C26H29N3O3S/c1-19-8-13-25(16-20(19)2)33(31,32)28-23-11-9-22(10-12-23)26(30)27-24-14-15-29(18-24)17-21-6-4-3-5-7-21/h3-13,16,24,28H,14-15,17-18H2,1-2H3,(H,27,30). The van der Waals surface area contributed by atoms with Crippen LogP contribution in [-0.2, 0) is 16.6 Å². The number of rotatable bonds is 7. The zero-order valence-corrected chi connectivity index (χ0v) is 19.7. The molecular weight excluding hydrogens is 434 g/mol. The molecule has 7 heteroatoms. The van der Waals surface area contributed by atoms with E-state index in [1.165, 1.54) is 5.56 Å². The van der Waals surface area contributed by atoms with Crippen LogP contribution in [0.1, 0.15) is 33.5 Å². The van der Waals surface area contributed by atoms with Gasteiger partial charge in [-0.05, 0) is 73.4 Å². The van der Waals surface area contributed by atoms with Gasteiger partial charge < -0.3 is 5.32 Å². The van der Waals surface area contributed by atoms with Crippen LogP contribution >= 0.6 is 0 Å². The highest BCUT2D eigenvalue weighted by Crippen LogP contribution is 2.20. The highest BCUT2D eigenvalue weighted by atomic mass is 32.2. The molecule has 1 atom stereocenters. The number of benzene rings is 3. The van der Waals surface area contributed by atoms with E-state index in [-0.39, 0.29) is 16.8 Å². The van der Waals surface area contributed by atoms with E-state index in [0.29, 0.717) is 11.3 Å². The van der Waals surface area contributed by atoms with Crippen LogP contribution in [0.15, 0.2) is 77.7 Å². The van der Waals surface area contributed by atoms with E-state index in [0.717, 1.165) is 37.2 Å². The van der Waals surface area contributed by atoms with Gasteiger partial charge in [0, 0.05) is 36.9 Å². The molecule has 3 aromatic carbocycles. The van der Waals surface area contributed by atoms with Gasteiger partial charge >= 0.3 is 0 Å². The minimum atomic E-state index is -3.69. The fourth-order valence-electron chi connectivity index (χ4n) is 3.99. The summed E-state index contributed by atoms with van der Waals surface area (Å²) >= 11 is 0. The zero-order valence-electron chi connectivity index (χ0n) is 18.9. The van der Waals surface area contributed by atoms with Crippen molar-refractivity contribution in [1.82, 2.24) is 10.2 Å². The molecule has 1 amide bonds. The number of likely N-dealkylation sites (tertiary alicyclic amines) is 1. The second-order valence-corrected chi connectivity index (χ2v) is 10.3. The Hall–Kier alpha value is -3.16. The molecule has 0 bridgehead atoms. The second-order valence-electron chi connectivity index (χ2n) is 8.61. The van der Waals surface area contributed by atoms with E-state index in [1.807, 2.05) is 32.0 Å². The van der Waals surface area contributed by atoms with Gasteiger partial charge in [0.1, 0.15) is 0 Å². The number of hydrogen-bond acceptors (Lipinski definition) is 4. The maximum atomic E-state index is 12.7. The molecule has 0 aromatic heterocycles. The van der Waals surface area contributed by atoms with Crippen LogP contribution in [0.2, 0.25) is 0 Å². The van der Waals surface area contributed by atoms with Crippen molar-refractivity contribution in [3.05, 3.63) is 95.1 Å². The molecule has 4 rings (SSSR count). The number of carbonyl (C=O) groups excluding carboxylic acids is 1. The summed E-state index contributed by atoms with van der Waals surface area (Å²) in [5.41, 5.74) is 4.14. The summed E-state index contributed by atoms with van der Waals surface area (Å²) in [6.45, 7) is 6.46. The Kier molecular flexibility index (Phi) is 6.81. The molecule has 0 spiro atoms. The van der Waals surface area contributed by atoms with Gasteiger partial charge in [-0.25, -0.2) is 8.42 Å². The van der Waals surface area contributed by atoms with Crippen molar-refractivity contribution in [2.24, 2.45) is 0 Å². The predicted octanol–water partition coefficient (Wildman–Crippen LogP) is 4.11. The van der Waals surface area contributed by atoms with Gasteiger partial charge in [-0.15, -0.1) is 0 Å². The molecule has 2 N–H and O–H groups in total. The van der Waals surface area contributed by atoms with E-state index in [1.54, 1.807) is 42.5 Å². The Morgan fingerprint density at radius 2 is 1.70 bits per heavy atom. The minimum absolute atomic E-state index is 0.101. The summed E-state index contributed by atoms with van der Waals surface area (Å²) in [5, 5.41) is 3.10. The molecule has 1 saturated heterocycles. The molecule has 0 saturated carbocycles. The summed E-state index contributed by atoms with van der Waals surface area (Å²) < 4.78 is 27.9. The van der Waals surface area contributed by atoms with Gasteiger partial charge in [0.15, 0.2) is 0 Å². The lowest BCUT2D eigenvalue weighted by Crippen LogP contribution is -2.36. The third-order valence-corrected chi connectivity index (χ3v) is 7.42. The third kappa shape index (κ3) is 5.80. The van der Waals surface area contributed by atoms with Gasteiger partial charge in [-0.3, -0.25) is 14.4 Å². The van der Waals surface area contributed by atoms with Crippen molar-refractivity contribution >= 4 is 21.6 Å². The van der Waals surface area contributed by atoms with E-state index in [2.05, 4.69) is 27.1 Å². The van der Waals surface area contributed by atoms with Crippen molar-refractivity contribution in [2.45, 2.75) is 37.8 Å². The van der Waals surface area contributed by atoms with Crippen molar-refractivity contribution in [2.75, 3.05) is 17.8 Å². The van der Waals surface area contributed by atoms with E-state index < -0.39 is 10.0 Å². The maximum absolute atomic E-state index is 12.7. The lowest BCUT2D eigenvalue weighted by molar-refractivity contribution is 0.0937. The second kappa shape index (κ2) is 9.77. The molecule has 33 heavy (non-hydrogen) atoms. The quantitative estimate of drug-likeness (QED) is 0.553. The van der Waals surface area contributed by atoms with Crippen molar-refractivity contribution < 1.29 is 13.2 Å². The fourth-order valence-corrected chi connectivity index (χ4v) is 5.13. The van der Waals surface area contributed by atoms with Crippen LogP contribution in [0, 0.1) is 13.8 Å². The molecule has 3 aromatic rings. The monoisotopic (exact) mass is 463 g/mol. The number of aryl methyl sites for hydroxylation is 2. The summed E-state index contributed by atoms with van der Waals surface area (Å²) in [4.78, 5) is 15.2. The van der Waals surface area contributed by atoms with Crippen LogP contribution in [-0.4, -0.2) is 38.4 Å². The lowest BCUT2D eigenvalue weighted by atomic mass is 10.1. The van der Waals surface area contributed by atoms with Crippen molar-refractivity contribution in [1.29, 1.82) is 0 Å². The van der Waals surface area contributed by atoms with Gasteiger partial charge in [-0.1, -0.05) is 36.4 Å². The first-order chi connectivity index (χ1) is 15.8. The van der Waals surface area contributed by atoms with Gasteiger partial charge in [0.05, 0.1) is 4.90 Å². The molecule has 172 valence electrons. The van der Waals surface area contributed by atoms with Crippen LogP contribution in [0.3, 0.4) is 0 Å². The Labute approximate surface area is 195 Å². The van der Waals surface area contributed by atoms with Gasteiger partial charge in [0.25, 0.3) is 15.9 Å². The third-order valence-electron chi connectivity index (χ3n) is 6.04. The molecule has 6 nitrogen and oxygen atoms in total. The number of hydrogen-bond donors (Lipinski definition) is 2. The summed E-state index contributed by atoms with van der Waals surface area (Å²) in [6, 6.07) is 22.0. The van der Waals surface area contributed by atoms with Crippen LogP contribution in [0.5, 0.6) is 0 Å². The summed E-state index contributed by atoms with van der Waals surface area (Å²) in [6.07, 6.45) is 0.909. The predicted molar refractivity (Wildman–Crippen MR) is 131 cm³/mol. The number of nitrogens with one attached hydrogen (secondary N) is 2. The van der Waals surface area contributed by atoms with Gasteiger partial charge in [0.2, 0.25) is 0 Å². The Balaban J connectivity index is 1.33. The highest BCUT2D eigenvalue weighted by molar-refractivity contribution is 7.92. The van der Waals surface area contributed by atoms with Crippen LogP contribution < -0.4 is 10.0 Å². The average molecular weight is 464 g/mol. The van der Waals surface area contributed by atoms with E-state index in [4.69, 9.17) is 0 Å². The zero-order chi connectivity index (χ0) is 23.4. The highest BCUT2D eigenvalue weighted by Gasteiger charge is 2.24. The van der Waals surface area contributed by atoms with Crippen LogP contribution in [0.25, 0.3) is 0 Å². The molecule has 1 heterocycles. The summed E-state index contributed by atoms with van der Waals surface area (Å²) in [5.74, 6) is -0.148. The molecule has 1 unspecified atom stereocenters. The van der Waals surface area contributed by atoms with Crippen LogP contribution in [0.4, 0.5) is 5.69 Å². The molecular formula is C26H29N3O3S. The molecule has 0 radical (unpaired) electrons. The minimum Gasteiger partial charge on any atom is -0.348 e. The van der Waals surface area contributed by atoms with E-state index >= 15 is 0 Å². The summed E-state index contributed by atoms with van der Waals surface area (Å²) in [7, 11) is -3.69. The topological polar surface area (TPSA) is 78.5 Å². The Morgan fingerprint density at radius 3 is 2.39 bits per heavy atom. The number of anilines is 1. The average Bonchev–Trinajstić information content (AvgIpc) is 3.23. The van der Waals surface area contributed by atoms with Gasteiger partial charge in [-0.2, -0.15) is 0 Å². The first kappa shape index (κ1) is 23.0. The normalized spacial score (nSPS) is 16.5. The number of sulfonamides is 1. The van der Waals surface area contributed by atoms with E-state index in [9.17, 15) is 13.2 Å². The number of amides is 1. The SMILES string of the molecule is Cc1ccc(S(=O)(=O)Nc2ccc(C(=O)NC3CCN(Cc4ccccc4)C3)cc2)cc1C. The fraction of sp³-hybridized carbons (Fsp3) is 0.269. The molecule has 0 aliphatic carbocycles. The first-order valence-corrected chi connectivity index (χ1v) is 12.6. The van der Waals surface area contributed by atoms with Crippen molar-refractivity contribution in [3.63, 3.8) is 0 Å². The Morgan fingerprint density at radius 1 is 0.970 bits per heavy atom. The molecule has 1 aliphatic heterocycles. The lowest BCUT2D eigenvalue weighted by Gasteiger charge is -2.17. The van der Waals surface area contributed by atoms with Crippen molar-refractivity contribution in [3.8, 4) is 0 Å². The largest absolute Gasteiger partial charge is 0.348 e. The molecule has 1 aliphatic rings. The number of carbonyl (C=O) groups is 1. The number of nitrogens with zero attached hydrogens (tertiary/aromatic N) is 1. The maximum Gasteiger partial charge on any atom is 0.261 e. The Bertz CT molecular complexity index is 1230. The smallest absolute Gasteiger partial charge is 0.261 e. The first-order valence-electron chi connectivity index (χ1n) is 11.1.